The molecular weight excluding hydrogens is 330 g/mol. The van der Waals surface area contributed by atoms with E-state index in [1.807, 2.05) is 30.3 Å². The first-order valence-corrected chi connectivity index (χ1v) is 8.51. The van der Waals surface area contributed by atoms with Crippen LogP contribution < -0.4 is 0 Å². The highest BCUT2D eigenvalue weighted by atomic mass is 16.2. The van der Waals surface area contributed by atoms with E-state index in [2.05, 4.69) is 16.0 Å². The van der Waals surface area contributed by atoms with E-state index < -0.39 is 17.4 Å². The van der Waals surface area contributed by atoms with Gasteiger partial charge in [-0.05, 0) is 37.1 Å². The van der Waals surface area contributed by atoms with Crippen LogP contribution in [0.2, 0.25) is 0 Å². The topological polar surface area (TPSA) is 90.2 Å². The van der Waals surface area contributed by atoms with Crippen molar-refractivity contribution in [2.75, 3.05) is 13.1 Å². The van der Waals surface area contributed by atoms with Gasteiger partial charge < -0.3 is 9.80 Å². The second-order valence-corrected chi connectivity index (χ2v) is 6.58. The number of hydrogen-bond donors (Lipinski definition) is 0. The molecule has 1 saturated heterocycles. The Morgan fingerprint density at radius 3 is 2.54 bits per heavy atom. The monoisotopic (exact) mass is 347 g/mol. The largest absolute Gasteiger partial charge is 0.327 e. The Bertz CT molecular complexity index is 884. The van der Waals surface area contributed by atoms with Crippen LogP contribution in [0, 0.1) is 11.3 Å². The quantitative estimate of drug-likeness (QED) is 0.779. The summed E-state index contributed by atoms with van der Waals surface area (Å²) in [6, 6.07) is 11.6. The first-order valence-electron chi connectivity index (χ1n) is 8.51. The van der Waals surface area contributed by atoms with Crippen molar-refractivity contribution in [1.29, 1.82) is 5.26 Å². The average molecular weight is 347 g/mol. The standard InChI is InChI=1S/C19H17N5O2/c20-13-19(6-7-19)24-10-9-23(17(25)18(24)26)12-15-5-4-14(11-22-15)16-3-1-2-8-21-16/h1-5,8,11H,6-7,9-10,12H2. The van der Waals surface area contributed by atoms with Crippen molar-refractivity contribution in [3.05, 3.63) is 48.4 Å². The third-order valence-electron chi connectivity index (χ3n) is 4.90. The highest BCUT2D eigenvalue weighted by Crippen LogP contribution is 2.41. The number of nitrogens with zero attached hydrogens (tertiary/aromatic N) is 5. The fourth-order valence-corrected chi connectivity index (χ4v) is 3.19. The van der Waals surface area contributed by atoms with Crippen LogP contribution in [0.15, 0.2) is 42.7 Å². The van der Waals surface area contributed by atoms with Gasteiger partial charge in [0.2, 0.25) is 0 Å². The molecule has 2 fully saturated rings. The summed E-state index contributed by atoms with van der Waals surface area (Å²) in [5, 5.41) is 9.25. The molecule has 0 radical (unpaired) electrons. The van der Waals surface area contributed by atoms with Crippen LogP contribution in [0.4, 0.5) is 0 Å². The lowest BCUT2D eigenvalue weighted by atomic mass is 10.1. The molecule has 4 rings (SSSR count). The van der Waals surface area contributed by atoms with Crippen LogP contribution in [0.5, 0.6) is 0 Å². The molecular formula is C19H17N5O2. The molecule has 2 amide bonds. The van der Waals surface area contributed by atoms with Crippen molar-refractivity contribution in [1.82, 2.24) is 19.8 Å². The Balaban J connectivity index is 1.44. The molecule has 2 aromatic rings. The number of pyridine rings is 2. The van der Waals surface area contributed by atoms with E-state index in [0.29, 0.717) is 31.6 Å². The zero-order chi connectivity index (χ0) is 18.1. The first kappa shape index (κ1) is 16.2. The van der Waals surface area contributed by atoms with Gasteiger partial charge in [-0.3, -0.25) is 19.6 Å². The molecule has 1 saturated carbocycles. The second kappa shape index (κ2) is 6.23. The minimum absolute atomic E-state index is 0.278. The van der Waals surface area contributed by atoms with E-state index in [9.17, 15) is 14.9 Å². The molecule has 0 spiro atoms. The molecule has 2 aromatic heterocycles. The van der Waals surface area contributed by atoms with Gasteiger partial charge >= 0.3 is 11.8 Å². The predicted molar refractivity (Wildman–Crippen MR) is 92.2 cm³/mol. The molecule has 0 bridgehead atoms. The normalized spacial score (nSPS) is 18.6. The van der Waals surface area contributed by atoms with Gasteiger partial charge in [-0.1, -0.05) is 6.07 Å². The Labute approximate surface area is 150 Å². The molecule has 0 N–H and O–H groups in total. The molecule has 0 unspecified atom stereocenters. The summed E-state index contributed by atoms with van der Waals surface area (Å²) < 4.78 is 0. The Hall–Kier alpha value is -3.27. The molecule has 0 atom stereocenters. The van der Waals surface area contributed by atoms with E-state index in [1.165, 1.54) is 9.80 Å². The summed E-state index contributed by atoms with van der Waals surface area (Å²) in [5.41, 5.74) is 1.69. The minimum Gasteiger partial charge on any atom is -0.327 e. The molecule has 7 nitrogen and oxygen atoms in total. The maximum absolute atomic E-state index is 12.4. The fourth-order valence-electron chi connectivity index (χ4n) is 3.19. The summed E-state index contributed by atoms with van der Waals surface area (Å²) in [4.78, 5) is 36.4. The van der Waals surface area contributed by atoms with Gasteiger partial charge in [-0.2, -0.15) is 5.26 Å². The smallest absolute Gasteiger partial charge is 0.313 e. The number of piperazine rings is 1. The van der Waals surface area contributed by atoms with Gasteiger partial charge in [0.05, 0.1) is 24.0 Å². The minimum atomic E-state index is -0.749. The molecule has 130 valence electrons. The van der Waals surface area contributed by atoms with Crippen LogP contribution in [-0.4, -0.2) is 50.2 Å². The van der Waals surface area contributed by atoms with E-state index in [1.54, 1.807) is 12.4 Å². The summed E-state index contributed by atoms with van der Waals surface area (Å²) in [5.74, 6) is -1.14. The average Bonchev–Trinajstić information content (AvgIpc) is 3.48. The summed E-state index contributed by atoms with van der Waals surface area (Å²) in [7, 11) is 0. The Morgan fingerprint density at radius 2 is 1.92 bits per heavy atom. The summed E-state index contributed by atoms with van der Waals surface area (Å²) >= 11 is 0. The van der Waals surface area contributed by atoms with E-state index >= 15 is 0 Å². The molecule has 1 aliphatic heterocycles. The molecule has 7 heteroatoms. The van der Waals surface area contributed by atoms with Crippen molar-refractivity contribution < 1.29 is 9.59 Å². The number of rotatable bonds is 4. The van der Waals surface area contributed by atoms with E-state index in [-0.39, 0.29) is 6.54 Å². The number of hydrogen-bond acceptors (Lipinski definition) is 5. The van der Waals surface area contributed by atoms with Crippen LogP contribution in [0.3, 0.4) is 0 Å². The lowest BCUT2D eigenvalue weighted by molar-refractivity contribution is -0.158. The van der Waals surface area contributed by atoms with Crippen LogP contribution in [0.25, 0.3) is 11.3 Å². The van der Waals surface area contributed by atoms with Gasteiger partial charge in [-0.15, -0.1) is 0 Å². The van der Waals surface area contributed by atoms with Crippen molar-refractivity contribution in [3.63, 3.8) is 0 Å². The highest BCUT2D eigenvalue weighted by Gasteiger charge is 2.54. The van der Waals surface area contributed by atoms with Gasteiger partial charge in [-0.25, -0.2) is 0 Å². The maximum Gasteiger partial charge on any atom is 0.313 e. The number of aromatic nitrogens is 2. The number of carbonyl (C=O) groups is 2. The number of carbonyl (C=O) groups excluding carboxylic acids is 2. The van der Waals surface area contributed by atoms with E-state index in [4.69, 9.17) is 0 Å². The van der Waals surface area contributed by atoms with Gasteiger partial charge in [0.25, 0.3) is 0 Å². The molecule has 2 aliphatic rings. The third-order valence-corrected chi connectivity index (χ3v) is 4.90. The third kappa shape index (κ3) is 2.80. The maximum atomic E-state index is 12.4. The zero-order valence-corrected chi connectivity index (χ0v) is 14.1. The SMILES string of the molecule is N#CC1(N2CCN(Cc3ccc(-c4ccccn4)cn3)C(=O)C2=O)CC1. The Kier molecular flexibility index (Phi) is 3.88. The lowest BCUT2D eigenvalue weighted by Gasteiger charge is -2.36. The predicted octanol–water partition coefficient (Wildman–Crippen LogP) is 1.37. The molecule has 26 heavy (non-hydrogen) atoms. The van der Waals surface area contributed by atoms with Gasteiger partial charge in [0, 0.05) is 31.0 Å². The fraction of sp³-hybridized carbons (Fsp3) is 0.316. The van der Waals surface area contributed by atoms with Crippen LogP contribution in [-0.2, 0) is 16.1 Å². The van der Waals surface area contributed by atoms with Crippen molar-refractivity contribution in [3.8, 4) is 17.3 Å². The van der Waals surface area contributed by atoms with Gasteiger partial charge in [0.15, 0.2) is 0 Å². The highest BCUT2D eigenvalue weighted by molar-refractivity contribution is 6.35. The van der Waals surface area contributed by atoms with E-state index in [0.717, 1.165) is 11.3 Å². The van der Waals surface area contributed by atoms with Crippen molar-refractivity contribution in [2.24, 2.45) is 0 Å². The number of amides is 2. The molecule has 1 aliphatic carbocycles. The van der Waals surface area contributed by atoms with Crippen LogP contribution in [0.1, 0.15) is 18.5 Å². The first-order chi connectivity index (χ1) is 12.6. The zero-order valence-electron chi connectivity index (χ0n) is 14.1. The molecule has 0 aromatic carbocycles. The van der Waals surface area contributed by atoms with Gasteiger partial charge in [0.1, 0.15) is 5.54 Å². The van der Waals surface area contributed by atoms with Crippen molar-refractivity contribution >= 4 is 11.8 Å². The Morgan fingerprint density at radius 1 is 1.08 bits per heavy atom. The lowest BCUT2D eigenvalue weighted by Crippen LogP contribution is -2.57. The molecule has 3 heterocycles. The summed E-state index contributed by atoms with van der Waals surface area (Å²) in [6.07, 6.45) is 4.74. The number of nitriles is 1. The van der Waals surface area contributed by atoms with Crippen LogP contribution >= 0.6 is 0 Å². The second-order valence-electron chi connectivity index (χ2n) is 6.58. The van der Waals surface area contributed by atoms with Crippen molar-refractivity contribution in [2.45, 2.75) is 24.9 Å². The summed E-state index contributed by atoms with van der Waals surface area (Å²) in [6.45, 7) is 1.09.